The van der Waals surface area contributed by atoms with Gasteiger partial charge in [-0.25, -0.2) is 9.18 Å². The molecule has 0 saturated heterocycles. The molecule has 4 rings (SSSR count). The summed E-state index contributed by atoms with van der Waals surface area (Å²) >= 11 is 0. The van der Waals surface area contributed by atoms with E-state index in [0.717, 1.165) is 11.3 Å². The highest BCUT2D eigenvalue weighted by Gasteiger charge is 2.08. The zero-order chi connectivity index (χ0) is 19.7. The molecular formula is C20H17FN6O. The van der Waals surface area contributed by atoms with E-state index in [1.165, 1.54) is 6.07 Å². The molecule has 0 aliphatic rings. The average molecular weight is 376 g/mol. The Hall–Kier alpha value is -3.81. The van der Waals surface area contributed by atoms with Gasteiger partial charge in [0, 0.05) is 16.9 Å². The minimum atomic E-state index is -0.460. The third kappa shape index (κ3) is 3.52. The number of carbonyl (C=O) groups is 1. The second-order valence-corrected chi connectivity index (χ2v) is 6.36. The number of fused-ring (bicyclic) bond motifs is 1. The molecule has 4 aromatic rings. The van der Waals surface area contributed by atoms with Gasteiger partial charge in [-0.05, 0) is 55.8 Å². The molecule has 28 heavy (non-hydrogen) atoms. The Morgan fingerprint density at radius 1 is 0.964 bits per heavy atom. The second kappa shape index (κ2) is 7.07. The summed E-state index contributed by atoms with van der Waals surface area (Å²) in [6.45, 7) is 3.49. The maximum Gasteiger partial charge on any atom is 0.323 e. The van der Waals surface area contributed by atoms with Crippen molar-refractivity contribution in [3.63, 3.8) is 0 Å². The number of aromatic nitrogens is 4. The lowest BCUT2D eigenvalue weighted by atomic mass is 10.1. The summed E-state index contributed by atoms with van der Waals surface area (Å²) in [5.41, 5.74) is 3.71. The van der Waals surface area contributed by atoms with Crippen LogP contribution in [0.4, 0.5) is 20.6 Å². The monoisotopic (exact) mass is 376 g/mol. The first-order chi connectivity index (χ1) is 13.5. The third-order valence-corrected chi connectivity index (χ3v) is 4.26. The molecule has 2 N–H and O–H groups in total. The quantitative estimate of drug-likeness (QED) is 0.561. The van der Waals surface area contributed by atoms with Gasteiger partial charge in [0.25, 0.3) is 0 Å². The number of hydrogen-bond acceptors (Lipinski definition) is 4. The van der Waals surface area contributed by atoms with Crippen LogP contribution in [-0.4, -0.2) is 25.8 Å². The van der Waals surface area contributed by atoms with Gasteiger partial charge in [-0.3, -0.25) is 0 Å². The Kier molecular flexibility index (Phi) is 4.44. The molecule has 0 atom stereocenters. The van der Waals surface area contributed by atoms with E-state index < -0.39 is 6.03 Å². The molecule has 0 fully saturated rings. The van der Waals surface area contributed by atoms with Crippen LogP contribution in [0.25, 0.3) is 16.9 Å². The van der Waals surface area contributed by atoms with Gasteiger partial charge in [-0.1, -0.05) is 18.2 Å². The predicted octanol–water partition coefficient (Wildman–Crippen LogP) is 4.19. The summed E-state index contributed by atoms with van der Waals surface area (Å²) in [6.07, 6.45) is 0. The number of rotatable bonds is 3. The van der Waals surface area contributed by atoms with Crippen LogP contribution in [0.3, 0.4) is 0 Å². The molecule has 8 heteroatoms. The van der Waals surface area contributed by atoms with Gasteiger partial charge in [0.2, 0.25) is 0 Å². The van der Waals surface area contributed by atoms with Crippen LogP contribution in [0.15, 0.2) is 54.6 Å². The van der Waals surface area contributed by atoms with Crippen molar-refractivity contribution in [3.05, 3.63) is 71.8 Å². The molecule has 2 heterocycles. The van der Waals surface area contributed by atoms with Gasteiger partial charge >= 0.3 is 6.03 Å². The molecular weight excluding hydrogens is 359 g/mol. The summed E-state index contributed by atoms with van der Waals surface area (Å²) in [5, 5.41) is 17.9. The summed E-state index contributed by atoms with van der Waals surface area (Å²) in [5.74, 6) is 0.321. The van der Waals surface area contributed by atoms with Crippen LogP contribution in [0.1, 0.15) is 11.4 Å². The number of urea groups is 1. The molecule has 2 aromatic heterocycles. The summed E-state index contributed by atoms with van der Waals surface area (Å²) < 4.78 is 15.3. The minimum Gasteiger partial charge on any atom is -0.308 e. The van der Waals surface area contributed by atoms with E-state index in [2.05, 4.69) is 25.9 Å². The summed E-state index contributed by atoms with van der Waals surface area (Å²) in [4.78, 5) is 12.2. The van der Waals surface area contributed by atoms with Gasteiger partial charge < -0.3 is 10.6 Å². The van der Waals surface area contributed by atoms with Crippen LogP contribution in [0.5, 0.6) is 0 Å². The minimum absolute atomic E-state index is 0.370. The second-order valence-electron chi connectivity index (χ2n) is 6.36. The zero-order valence-corrected chi connectivity index (χ0v) is 15.3. The molecule has 0 bridgehead atoms. The molecule has 0 radical (unpaired) electrons. The SMILES string of the molecule is Cc1ccc(NC(=O)Nc2cccc(-c3ccc4nnc(C)n4n3)c2)cc1F. The average Bonchev–Trinajstić information content (AvgIpc) is 3.05. The van der Waals surface area contributed by atoms with Crippen LogP contribution < -0.4 is 10.6 Å². The van der Waals surface area contributed by atoms with Gasteiger partial charge in [-0.15, -0.1) is 10.2 Å². The van der Waals surface area contributed by atoms with Crippen molar-refractivity contribution in [2.45, 2.75) is 13.8 Å². The lowest BCUT2D eigenvalue weighted by Crippen LogP contribution is -2.19. The van der Waals surface area contributed by atoms with Gasteiger partial charge in [0.05, 0.1) is 5.69 Å². The molecule has 7 nitrogen and oxygen atoms in total. The van der Waals surface area contributed by atoms with Crippen molar-refractivity contribution >= 4 is 23.1 Å². The van der Waals surface area contributed by atoms with Crippen molar-refractivity contribution < 1.29 is 9.18 Å². The topological polar surface area (TPSA) is 84.2 Å². The van der Waals surface area contributed by atoms with E-state index in [4.69, 9.17) is 0 Å². The number of nitrogens with one attached hydrogen (secondary N) is 2. The standard InChI is InChI=1S/C20H17FN6O/c1-12-6-7-16(11-17(12)21)23-20(28)22-15-5-3-4-14(10-15)18-8-9-19-25-24-13(2)27(19)26-18/h3-11H,1-2H3,(H2,22,23,28). The number of halogens is 1. The smallest absolute Gasteiger partial charge is 0.308 e. The summed E-state index contributed by atoms with van der Waals surface area (Å²) in [6, 6.07) is 15.1. The maximum atomic E-state index is 13.6. The normalized spacial score (nSPS) is 10.8. The first kappa shape index (κ1) is 17.6. The number of aryl methyl sites for hydroxylation is 2. The fourth-order valence-corrected chi connectivity index (χ4v) is 2.77. The molecule has 2 aromatic carbocycles. The summed E-state index contributed by atoms with van der Waals surface area (Å²) in [7, 11) is 0. The first-order valence-corrected chi connectivity index (χ1v) is 8.63. The highest BCUT2D eigenvalue weighted by atomic mass is 19.1. The fourth-order valence-electron chi connectivity index (χ4n) is 2.77. The largest absolute Gasteiger partial charge is 0.323 e. The van der Waals surface area contributed by atoms with Crippen molar-refractivity contribution in [3.8, 4) is 11.3 Å². The lowest BCUT2D eigenvalue weighted by Gasteiger charge is -2.10. The van der Waals surface area contributed by atoms with E-state index >= 15 is 0 Å². The van der Waals surface area contributed by atoms with E-state index in [1.807, 2.05) is 37.3 Å². The maximum absolute atomic E-state index is 13.6. The first-order valence-electron chi connectivity index (χ1n) is 8.63. The predicted molar refractivity (Wildman–Crippen MR) is 105 cm³/mol. The third-order valence-electron chi connectivity index (χ3n) is 4.26. The molecule has 0 spiro atoms. The van der Waals surface area contributed by atoms with Crippen molar-refractivity contribution in [2.24, 2.45) is 0 Å². The van der Waals surface area contributed by atoms with E-state index in [9.17, 15) is 9.18 Å². The Balaban J connectivity index is 1.53. The number of amides is 2. The Morgan fingerprint density at radius 3 is 2.54 bits per heavy atom. The number of carbonyl (C=O) groups excluding carboxylic acids is 1. The van der Waals surface area contributed by atoms with E-state index in [0.29, 0.717) is 28.4 Å². The lowest BCUT2D eigenvalue weighted by molar-refractivity contribution is 0.262. The molecule has 140 valence electrons. The molecule has 0 aliphatic carbocycles. The van der Waals surface area contributed by atoms with Crippen LogP contribution in [-0.2, 0) is 0 Å². The Labute approximate surface area is 160 Å². The van der Waals surface area contributed by atoms with Crippen molar-refractivity contribution in [1.29, 1.82) is 0 Å². The van der Waals surface area contributed by atoms with E-state index in [1.54, 1.807) is 29.6 Å². The van der Waals surface area contributed by atoms with Crippen LogP contribution in [0, 0.1) is 19.7 Å². The number of anilines is 2. The van der Waals surface area contributed by atoms with Crippen molar-refractivity contribution in [1.82, 2.24) is 19.8 Å². The Bertz CT molecular complexity index is 1190. The highest BCUT2D eigenvalue weighted by molar-refractivity contribution is 6.00. The fraction of sp³-hybridized carbons (Fsp3) is 0.100. The Morgan fingerprint density at radius 2 is 1.75 bits per heavy atom. The van der Waals surface area contributed by atoms with Crippen LogP contribution in [0.2, 0.25) is 0 Å². The number of benzene rings is 2. The van der Waals surface area contributed by atoms with E-state index in [-0.39, 0.29) is 5.82 Å². The van der Waals surface area contributed by atoms with Crippen LogP contribution >= 0.6 is 0 Å². The van der Waals surface area contributed by atoms with Gasteiger partial charge in [0.1, 0.15) is 5.82 Å². The van der Waals surface area contributed by atoms with Gasteiger partial charge in [-0.2, -0.15) is 9.61 Å². The van der Waals surface area contributed by atoms with Gasteiger partial charge in [0.15, 0.2) is 11.5 Å². The molecule has 0 unspecified atom stereocenters. The molecule has 2 amide bonds. The number of hydrogen-bond donors (Lipinski definition) is 2. The van der Waals surface area contributed by atoms with Crippen molar-refractivity contribution in [2.75, 3.05) is 10.6 Å². The zero-order valence-electron chi connectivity index (χ0n) is 15.3. The highest BCUT2D eigenvalue weighted by Crippen LogP contribution is 2.22. The molecule has 0 saturated carbocycles. The number of nitrogens with zero attached hydrogens (tertiary/aromatic N) is 4. The molecule has 0 aliphatic heterocycles.